The van der Waals surface area contributed by atoms with E-state index in [0.29, 0.717) is 5.75 Å². The Bertz CT molecular complexity index is 452. The van der Waals surface area contributed by atoms with Crippen LogP contribution in [0, 0.1) is 5.92 Å². The summed E-state index contributed by atoms with van der Waals surface area (Å²) in [6.45, 7) is 6.55. The number of benzene rings is 1. The first-order chi connectivity index (χ1) is 9.56. The third-order valence-electron chi connectivity index (χ3n) is 3.77. The number of carbonyl (C=O) groups excluding carboxylic acids is 1. The summed E-state index contributed by atoms with van der Waals surface area (Å²) in [5, 5.41) is 12.8. The van der Waals surface area contributed by atoms with Gasteiger partial charge in [0.1, 0.15) is 5.75 Å². The summed E-state index contributed by atoms with van der Waals surface area (Å²) in [6, 6.07) is 7.66. The van der Waals surface area contributed by atoms with Crippen molar-refractivity contribution >= 4 is 5.91 Å². The molecule has 110 valence electrons. The zero-order chi connectivity index (χ0) is 14.5. The Morgan fingerprint density at radius 1 is 1.35 bits per heavy atom. The van der Waals surface area contributed by atoms with Crippen LogP contribution in [0.1, 0.15) is 32.3 Å². The summed E-state index contributed by atoms with van der Waals surface area (Å²) in [5.41, 5.74) is 0.956. The maximum absolute atomic E-state index is 12.0. The van der Waals surface area contributed by atoms with Crippen molar-refractivity contribution in [2.45, 2.75) is 39.3 Å². The topological polar surface area (TPSA) is 52.6 Å². The van der Waals surface area contributed by atoms with Gasteiger partial charge in [0.25, 0.3) is 0 Å². The predicted molar refractivity (Wildman–Crippen MR) is 79.4 cm³/mol. The third kappa shape index (κ3) is 3.97. The van der Waals surface area contributed by atoms with Gasteiger partial charge in [-0.3, -0.25) is 9.69 Å². The van der Waals surface area contributed by atoms with Crippen LogP contribution in [-0.2, 0) is 11.3 Å². The van der Waals surface area contributed by atoms with E-state index in [1.54, 1.807) is 6.07 Å². The van der Waals surface area contributed by atoms with Crippen molar-refractivity contribution in [3.8, 4) is 5.75 Å². The second-order valence-electron chi connectivity index (χ2n) is 5.84. The number of carbonyl (C=O) groups is 1. The molecule has 0 atom stereocenters. The number of likely N-dealkylation sites (tertiary alicyclic amines) is 1. The highest BCUT2D eigenvalue weighted by Gasteiger charge is 2.25. The fraction of sp³-hybridized carbons (Fsp3) is 0.562. The average molecular weight is 276 g/mol. The molecule has 0 bridgehead atoms. The van der Waals surface area contributed by atoms with E-state index in [9.17, 15) is 9.90 Å². The molecule has 1 fully saturated rings. The van der Waals surface area contributed by atoms with Crippen molar-refractivity contribution in [3.63, 3.8) is 0 Å². The first-order valence-corrected chi connectivity index (χ1v) is 7.36. The Morgan fingerprint density at radius 3 is 2.60 bits per heavy atom. The molecular weight excluding hydrogens is 252 g/mol. The van der Waals surface area contributed by atoms with Gasteiger partial charge < -0.3 is 10.4 Å². The number of phenols is 1. The SMILES string of the molecule is CC(C)NC(=O)C1CCN(Cc2ccccc2O)CC1. The standard InChI is InChI=1S/C16H24N2O2/c1-12(2)17-16(20)13-7-9-18(10-8-13)11-14-5-3-4-6-15(14)19/h3-6,12-13,19H,7-11H2,1-2H3,(H,17,20). The normalized spacial score (nSPS) is 17.4. The summed E-state index contributed by atoms with van der Waals surface area (Å²) in [5.74, 6) is 0.674. The Labute approximate surface area is 120 Å². The number of nitrogens with one attached hydrogen (secondary N) is 1. The highest BCUT2D eigenvalue weighted by Crippen LogP contribution is 2.22. The van der Waals surface area contributed by atoms with Crippen molar-refractivity contribution in [1.29, 1.82) is 0 Å². The summed E-state index contributed by atoms with van der Waals surface area (Å²) >= 11 is 0. The lowest BCUT2D eigenvalue weighted by molar-refractivity contribution is -0.127. The van der Waals surface area contributed by atoms with E-state index in [1.807, 2.05) is 32.0 Å². The Balaban J connectivity index is 1.83. The van der Waals surface area contributed by atoms with Crippen LogP contribution < -0.4 is 5.32 Å². The van der Waals surface area contributed by atoms with E-state index in [4.69, 9.17) is 0 Å². The molecule has 2 N–H and O–H groups in total. The third-order valence-corrected chi connectivity index (χ3v) is 3.77. The van der Waals surface area contributed by atoms with Crippen molar-refractivity contribution < 1.29 is 9.90 Å². The number of rotatable bonds is 4. The van der Waals surface area contributed by atoms with Crippen LogP contribution in [0.25, 0.3) is 0 Å². The molecule has 4 nitrogen and oxygen atoms in total. The van der Waals surface area contributed by atoms with Crippen LogP contribution in [-0.4, -0.2) is 35.0 Å². The number of para-hydroxylation sites is 1. The molecule has 1 aliphatic heterocycles. The van der Waals surface area contributed by atoms with E-state index in [2.05, 4.69) is 10.2 Å². The van der Waals surface area contributed by atoms with Crippen LogP contribution >= 0.6 is 0 Å². The molecule has 2 rings (SSSR count). The molecule has 1 aliphatic rings. The monoisotopic (exact) mass is 276 g/mol. The smallest absolute Gasteiger partial charge is 0.223 e. The Kier molecular flexibility index (Phi) is 5.01. The number of aromatic hydroxyl groups is 1. The van der Waals surface area contributed by atoms with Crippen molar-refractivity contribution in [2.75, 3.05) is 13.1 Å². The lowest BCUT2D eigenvalue weighted by atomic mass is 9.95. The summed E-state index contributed by atoms with van der Waals surface area (Å²) in [4.78, 5) is 14.3. The van der Waals surface area contributed by atoms with Gasteiger partial charge in [0.2, 0.25) is 5.91 Å². The molecule has 1 heterocycles. The van der Waals surface area contributed by atoms with Crippen LogP contribution in [0.5, 0.6) is 5.75 Å². The maximum atomic E-state index is 12.0. The molecule has 1 amide bonds. The summed E-state index contributed by atoms with van der Waals surface area (Å²) < 4.78 is 0. The molecule has 0 radical (unpaired) electrons. The van der Waals surface area contributed by atoms with Crippen LogP contribution in [0.2, 0.25) is 0 Å². The van der Waals surface area contributed by atoms with E-state index in [1.165, 1.54) is 0 Å². The minimum Gasteiger partial charge on any atom is -0.508 e. The molecule has 4 heteroatoms. The van der Waals surface area contributed by atoms with Crippen molar-refractivity contribution in [3.05, 3.63) is 29.8 Å². The number of hydrogen-bond donors (Lipinski definition) is 2. The summed E-state index contributed by atoms with van der Waals surface area (Å²) in [7, 11) is 0. The molecule has 0 aliphatic carbocycles. The predicted octanol–water partition coefficient (Wildman–Crippen LogP) is 2.13. The summed E-state index contributed by atoms with van der Waals surface area (Å²) in [6.07, 6.45) is 1.79. The van der Waals surface area contributed by atoms with Crippen LogP contribution in [0.3, 0.4) is 0 Å². The molecule has 1 saturated heterocycles. The highest BCUT2D eigenvalue weighted by molar-refractivity contribution is 5.78. The van der Waals surface area contributed by atoms with Crippen LogP contribution in [0.4, 0.5) is 0 Å². The lowest BCUT2D eigenvalue weighted by Crippen LogP contribution is -2.42. The fourth-order valence-corrected chi connectivity index (χ4v) is 2.64. The largest absolute Gasteiger partial charge is 0.508 e. The Morgan fingerprint density at radius 2 is 2.00 bits per heavy atom. The molecule has 0 unspecified atom stereocenters. The lowest BCUT2D eigenvalue weighted by Gasteiger charge is -2.31. The molecule has 1 aromatic carbocycles. The van der Waals surface area contributed by atoms with Gasteiger partial charge >= 0.3 is 0 Å². The van der Waals surface area contributed by atoms with Gasteiger partial charge in [-0.1, -0.05) is 18.2 Å². The van der Waals surface area contributed by atoms with Gasteiger partial charge in [0.05, 0.1) is 0 Å². The number of nitrogens with zero attached hydrogens (tertiary/aromatic N) is 1. The molecule has 1 aromatic rings. The van der Waals surface area contributed by atoms with E-state index < -0.39 is 0 Å². The van der Waals surface area contributed by atoms with E-state index >= 15 is 0 Å². The quantitative estimate of drug-likeness (QED) is 0.886. The molecule has 0 spiro atoms. The highest BCUT2D eigenvalue weighted by atomic mass is 16.3. The zero-order valence-corrected chi connectivity index (χ0v) is 12.3. The molecule has 0 saturated carbocycles. The van der Waals surface area contributed by atoms with Gasteiger partial charge in [-0.15, -0.1) is 0 Å². The van der Waals surface area contributed by atoms with Gasteiger partial charge in [0.15, 0.2) is 0 Å². The average Bonchev–Trinajstić information content (AvgIpc) is 2.41. The Hall–Kier alpha value is -1.55. The first-order valence-electron chi connectivity index (χ1n) is 7.36. The molecule has 0 aromatic heterocycles. The number of hydrogen-bond acceptors (Lipinski definition) is 3. The minimum absolute atomic E-state index is 0.137. The van der Waals surface area contributed by atoms with Gasteiger partial charge in [-0.2, -0.15) is 0 Å². The molecular formula is C16H24N2O2. The second kappa shape index (κ2) is 6.75. The number of amides is 1. The van der Waals surface area contributed by atoms with Gasteiger partial charge in [-0.25, -0.2) is 0 Å². The van der Waals surface area contributed by atoms with Crippen LogP contribution in [0.15, 0.2) is 24.3 Å². The van der Waals surface area contributed by atoms with Crippen molar-refractivity contribution in [2.24, 2.45) is 5.92 Å². The zero-order valence-electron chi connectivity index (χ0n) is 12.3. The van der Waals surface area contributed by atoms with Crippen molar-refractivity contribution in [1.82, 2.24) is 10.2 Å². The minimum atomic E-state index is 0.137. The van der Waals surface area contributed by atoms with Gasteiger partial charge in [0, 0.05) is 24.1 Å². The maximum Gasteiger partial charge on any atom is 0.223 e. The number of phenolic OH excluding ortho intramolecular Hbond substituents is 1. The number of piperidine rings is 1. The molecule has 20 heavy (non-hydrogen) atoms. The van der Waals surface area contributed by atoms with E-state index in [-0.39, 0.29) is 17.9 Å². The fourth-order valence-electron chi connectivity index (χ4n) is 2.64. The first kappa shape index (κ1) is 14.9. The van der Waals surface area contributed by atoms with Gasteiger partial charge in [-0.05, 0) is 45.8 Å². The van der Waals surface area contributed by atoms with E-state index in [0.717, 1.165) is 38.0 Å². The second-order valence-corrected chi connectivity index (χ2v) is 5.84.